The molecule has 3 heterocycles. The van der Waals surface area contributed by atoms with Gasteiger partial charge in [-0.15, -0.1) is 0 Å². The molecule has 27 heavy (non-hydrogen) atoms. The van der Waals surface area contributed by atoms with E-state index >= 15 is 0 Å². The molecule has 140 valence electrons. The fraction of sp³-hybridized carbons (Fsp3) is 0.364. The lowest BCUT2D eigenvalue weighted by Crippen LogP contribution is -2.22. The first kappa shape index (κ1) is 17.9. The zero-order valence-electron chi connectivity index (χ0n) is 15.8. The Hall–Kier alpha value is -2.50. The first-order valence-electron chi connectivity index (χ1n) is 9.60. The zero-order chi connectivity index (χ0) is 18.5. The van der Waals surface area contributed by atoms with E-state index in [-0.39, 0.29) is 0 Å². The van der Waals surface area contributed by atoms with Crippen LogP contribution in [-0.4, -0.2) is 39.9 Å². The van der Waals surface area contributed by atoms with Crippen LogP contribution >= 0.6 is 0 Å². The van der Waals surface area contributed by atoms with Crippen LogP contribution in [-0.2, 0) is 19.6 Å². The summed E-state index contributed by atoms with van der Waals surface area (Å²) in [6.07, 6.45) is 8.07. The van der Waals surface area contributed by atoms with Gasteiger partial charge < -0.3 is 4.42 Å². The molecule has 0 bridgehead atoms. The number of furan rings is 1. The van der Waals surface area contributed by atoms with E-state index in [4.69, 9.17) is 4.42 Å². The molecule has 1 aliphatic heterocycles. The van der Waals surface area contributed by atoms with Crippen molar-refractivity contribution in [2.45, 2.75) is 32.5 Å². The highest BCUT2D eigenvalue weighted by Crippen LogP contribution is 2.18. The van der Waals surface area contributed by atoms with Crippen molar-refractivity contribution in [3.63, 3.8) is 0 Å². The summed E-state index contributed by atoms with van der Waals surface area (Å²) in [5, 5.41) is 0. The molecule has 3 aromatic rings. The Kier molecular flexibility index (Phi) is 5.61. The predicted molar refractivity (Wildman–Crippen MR) is 106 cm³/mol. The van der Waals surface area contributed by atoms with Crippen molar-refractivity contribution >= 4 is 0 Å². The summed E-state index contributed by atoms with van der Waals surface area (Å²) < 4.78 is 5.35. The molecular weight excluding hydrogens is 336 g/mol. The fourth-order valence-electron chi connectivity index (χ4n) is 3.68. The number of aromatic nitrogens is 2. The van der Waals surface area contributed by atoms with Crippen LogP contribution < -0.4 is 0 Å². The van der Waals surface area contributed by atoms with Gasteiger partial charge in [0, 0.05) is 37.6 Å². The molecule has 0 amide bonds. The van der Waals surface area contributed by atoms with E-state index in [2.05, 4.69) is 51.1 Å². The van der Waals surface area contributed by atoms with Crippen LogP contribution in [0.1, 0.15) is 29.5 Å². The van der Waals surface area contributed by atoms with Crippen LogP contribution in [0.25, 0.3) is 11.6 Å². The summed E-state index contributed by atoms with van der Waals surface area (Å²) >= 11 is 0. The molecule has 0 unspecified atom stereocenters. The largest absolute Gasteiger partial charge is 0.461 e. The maximum atomic E-state index is 5.35. The van der Waals surface area contributed by atoms with Gasteiger partial charge in [-0.25, -0.2) is 9.97 Å². The molecule has 1 aromatic carbocycles. The van der Waals surface area contributed by atoms with Gasteiger partial charge in [0.25, 0.3) is 0 Å². The van der Waals surface area contributed by atoms with Crippen molar-refractivity contribution in [3.05, 3.63) is 71.7 Å². The lowest BCUT2D eigenvalue weighted by Gasteiger charge is -2.21. The first-order chi connectivity index (χ1) is 13.3. The van der Waals surface area contributed by atoms with Crippen LogP contribution in [0, 0.1) is 0 Å². The number of rotatable bonds is 7. The molecule has 0 radical (unpaired) electrons. The molecule has 5 heteroatoms. The van der Waals surface area contributed by atoms with Gasteiger partial charge >= 0.3 is 0 Å². The van der Waals surface area contributed by atoms with E-state index in [9.17, 15) is 0 Å². The van der Waals surface area contributed by atoms with Crippen molar-refractivity contribution < 1.29 is 4.42 Å². The van der Waals surface area contributed by atoms with E-state index in [1.807, 2.05) is 24.5 Å². The molecule has 4 rings (SSSR count). The predicted octanol–water partition coefficient (Wildman–Crippen LogP) is 3.96. The number of hydrogen-bond donors (Lipinski definition) is 0. The molecule has 0 N–H and O–H groups in total. The lowest BCUT2D eigenvalue weighted by molar-refractivity contribution is 0.306. The molecule has 0 aliphatic carbocycles. The minimum atomic E-state index is 0.627. The second-order valence-corrected chi connectivity index (χ2v) is 7.32. The third-order valence-electron chi connectivity index (χ3n) is 5.05. The fourth-order valence-corrected chi connectivity index (χ4v) is 3.68. The molecular formula is C22H26N4O. The van der Waals surface area contributed by atoms with E-state index in [0.717, 1.165) is 25.2 Å². The lowest BCUT2D eigenvalue weighted by atomic mass is 10.1. The third-order valence-corrected chi connectivity index (χ3v) is 5.05. The van der Waals surface area contributed by atoms with Gasteiger partial charge in [0.2, 0.25) is 0 Å². The number of benzene rings is 1. The Labute approximate surface area is 160 Å². The minimum Gasteiger partial charge on any atom is -0.461 e. The summed E-state index contributed by atoms with van der Waals surface area (Å²) in [4.78, 5) is 13.7. The Bertz CT molecular complexity index is 839. The molecule has 0 atom stereocenters. The second-order valence-electron chi connectivity index (χ2n) is 7.32. The van der Waals surface area contributed by atoms with Gasteiger partial charge in [-0.3, -0.25) is 9.80 Å². The first-order valence-corrected chi connectivity index (χ1v) is 9.60. The van der Waals surface area contributed by atoms with Crippen LogP contribution in [0.3, 0.4) is 0 Å². The number of nitrogens with zero attached hydrogens (tertiary/aromatic N) is 4. The molecule has 2 aromatic heterocycles. The van der Waals surface area contributed by atoms with Crippen molar-refractivity contribution in [1.29, 1.82) is 0 Å². The van der Waals surface area contributed by atoms with Crippen LogP contribution in [0.15, 0.2) is 59.5 Å². The molecule has 0 spiro atoms. The monoisotopic (exact) mass is 362 g/mol. The Balaban J connectivity index is 1.38. The van der Waals surface area contributed by atoms with Crippen molar-refractivity contribution in [2.24, 2.45) is 0 Å². The summed E-state index contributed by atoms with van der Waals surface area (Å²) in [5.41, 5.74) is 3.94. The second kappa shape index (κ2) is 8.46. The molecule has 1 aliphatic rings. The number of likely N-dealkylation sites (tertiary alicyclic amines) is 1. The molecule has 1 fully saturated rings. The Morgan fingerprint density at radius 3 is 2.41 bits per heavy atom. The van der Waals surface area contributed by atoms with E-state index in [0.29, 0.717) is 11.6 Å². The van der Waals surface area contributed by atoms with E-state index in [1.54, 1.807) is 6.26 Å². The van der Waals surface area contributed by atoms with Gasteiger partial charge in [-0.2, -0.15) is 0 Å². The summed E-state index contributed by atoms with van der Waals surface area (Å²) in [5.74, 6) is 1.33. The maximum Gasteiger partial charge on any atom is 0.195 e. The minimum absolute atomic E-state index is 0.627. The van der Waals surface area contributed by atoms with E-state index < -0.39 is 0 Å². The smallest absolute Gasteiger partial charge is 0.195 e. The highest BCUT2D eigenvalue weighted by molar-refractivity contribution is 5.45. The van der Waals surface area contributed by atoms with Crippen LogP contribution in [0.2, 0.25) is 0 Å². The third kappa shape index (κ3) is 4.62. The standard InChI is InChI=1S/C22H26N4O/c1-25(15-18-13-23-22(24-14-18)21-9-6-12-27-21)16-19-7-2-3-8-20(19)17-26-10-4-5-11-26/h2-3,6-9,12-14H,4-5,10-11,15-17H2,1H3. The van der Waals surface area contributed by atoms with Crippen molar-refractivity contribution in [1.82, 2.24) is 19.8 Å². The van der Waals surface area contributed by atoms with Gasteiger partial charge in [0.1, 0.15) is 0 Å². The van der Waals surface area contributed by atoms with Gasteiger partial charge in [0.15, 0.2) is 11.6 Å². The van der Waals surface area contributed by atoms with E-state index in [1.165, 1.54) is 37.1 Å². The number of hydrogen-bond acceptors (Lipinski definition) is 5. The molecule has 0 saturated carbocycles. The Morgan fingerprint density at radius 2 is 1.70 bits per heavy atom. The topological polar surface area (TPSA) is 45.4 Å². The highest BCUT2D eigenvalue weighted by atomic mass is 16.3. The van der Waals surface area contributed by atoms with Crippen molar-refractivity contribution in [2.75, 3.05) is 20.1 Å². The average Bonchev–Trinajstić information content (AvgIpc) is 3.38. The molecule has 1 saturated heterocycles. The van der Waals surface area contributed by atoms with Crippen LogP contribution in [0.4, 0.5) is 0 Å². The summed E-state index contributed by atoms with van der Waals surface area (Å²) in [6, 6.07) is 12.5. The zero-order valence-corrected chi connectivity index (χ0v) is 15.8. The average molecular weight is 362 g/mol. The molecule has 5 nitrogen and oxygen atoms in total. The highest BCUT2D eigenvalue weighted by Gasteiger charge is 2.14. The van der Waals surface area contributed by atoms with Gasteiger partial charge in [-0.05, 0) is 56.2 Å². The van der Waals surface area contributed by atoms with Gasteiger partial charge in [-0.1, -0.05) is 24.3 Å². The summed E-state index contributed by atoms with van der Waals surface area (Å²) in [7, 11) is 2.15. The van der Waals surface area contributed by atoms with Crippen LogP contribution in [0.5, 0.6) is 0 Å². The van der Waals surface area contributed by atoms with Gasteiger partial charge in [0.05, 0.1) is 6.26 Å². The quantitative estimate of drug-likeness (QED) is 0.636. The normalized spacial score (nSPS) is 14.9. The Morgan fingerprint density at radius 1 is 0.963 bits per heavy atom. The SMILES string of the molecule is CN(Cc1cnc(-c2ccco2)nc1)Cc1ccccc1CN1CCCC1. The van der Waals surface area contributed by atoms with Crippen molar-refractivity contribution in [3.8, 4) is 11.6 Å². The maximum absolute atomic E-state index is 5.35. The summed E-state index contributed by atoms with van der Waals surface area (Å²) in [6.45, 7) is 5.25.